The molecular formula is C24H21Cl2N3O. The Balaban J connectivity index is 1.64. The van der Waals surface area contributed by atoms with Crippen LogP contribution in [0.5, 0.6) is 0 Å². The Kier molecular flexibility index (Phi) is 7.12. The molecule has 0 fully saturated rings. The van der Waals surface area contributed by atoms with Gasteiger partial charge in [0.2, 0.25) is 5.91 Å². The van der Waals surface area contributed by atoms with Gasteiger partial charge >= 0.3 is 0 Å². The molecule has 1 N–H and O–H groups in total. The van der Waals surface area contributed by atoms with Crippen molar-refractivity contribution in [2.45, 2.75) is 13.0 Å². The standard InChI is InChI=1S/C24H21Cl2N3O/c1-16(29(2)15-24(30)28-23-12-21(25)11-22(26)13-23)18-6-8-19(9-7-18)20-5-3-4-17(10-20)14-27/h3-13,16H,15H2,1-2H3,(H,28,30). The Hall–Kier alpha value is -2.84. The lowest BCUT2D eigenvalue weighted by Crippen LogP contribution is -2.32. The van der Waals surface area contributed by atoms with Crippen molar-refractivity contribution in [2.75, 3.05) is 18.9 Å². The normalized spacial score (nSPS) is 11.7. The average molecular weight is 438 g/mol. The van der Waals surface area contributed by atoms with E-state index in [4.69, 9.17) is 28.5 Å². The number of hydrogen-bond donors (Lipinski definition) is 1. The van der Waals surface area contributed by atoms with E-state index in [1.54, 1.807) is 24.3 Å². The maximum atomic E-state index is 12.4. The molecule has 0 heterocycles. The molecule has 3 aromatic rings. The van der Waals surface area contributed by atoms with E-state index in [9.17, 15) is 4.79 Å². The first-order valence-corrected chi connectivity index (χ1v) is 10.2. The largest absolute Gasteiger partial charge is 0.325 e. The first-order valence-electron chi connectivity index (χ1n) is 9.42. The van der Waals surface area contributed by atoms with Crippen molar-refractivity contribution >= 4 is 34.8 Å². The van der Waals surface area contributed by atoms with Gasteiger partial charge in [0, 0.05) is 21.8 Å². The topological polar surface area (TPSA) is 56.1 Å². The van der Waals surface area contributed by atoms with Crippen molar-refractivity contribution in [3.8, 4) is 17.2 Å². The van der Waals surface area contributed by atoms with Crippen LogP contribution in [0.1, 0.15) is 24.1 Å². The summed E-state index contributed by atoms with van der Waals surface area (Å²) in [6, 6.07) is 22.8. The Morgan fingerprint density at radius 1 is 1.03 bits per heavy atom. The van der Waals surface area contributed by atoms with E-state index < -0.39 is 0 Å². The molecule has 6 heteroatoms. The van der Waals surface area contributed by atoms with E-state index in [1.165, 1.54) is 0 Å². The van der Waals surface area contributed by atoms with E-state index in [-0.39, 0.29) is 18.5 Å². The van der Waals surface area contributed by atoms with E-state index in [0.29, 0.717) is 21.3 Å². The summed E-state index contributed by atoms with van der Waals surface area (Å²) in [5, 5.41) is 12.8. The van der Waals surface area contributed by atoms with E-state index >= 15 is 0 Å². The molecule has 0 aliphatic heterocycles. The van der Waals surface area contributed by atoms with Crippen LogP contribution in [0.4, 0.5) is 5.69 Å². The van der Waals surface area contributed by atoms with Gasteiger partial charge in [0.25, 0.3) is 0 Å². The van der Waals surface area contributed by atoms with Crippen LogP contribution in [0.15, 0.2) is 66.7 Å². The van der Waals surface area contributed by atoms with Gasteiger partial charge in [-0.3, -0.25) is 9.69 Å². The highest BCUT2D eigenvalue weighted by atomic mass is 35.5. The Morgan fingerprint density at radius 2 is 1.70 bits per heavy atom. The van der Waals surface area contributed by atoms with E-state index in [1.807, 2.05) is 54.4 Å². The number of benzene rings is 3. The first kappa shape index (κ1) is 21.9. The molecule has 0 aliphatic carbocycles. The lowest BCUT2D eigenvalue weighted by Gasteiger charge is -2.24. The fourth-order valence-corrected chi connectivity index (χ4v) is 3.69. The molecule has 0 saturated heterocycles. The molecule has 0 spiro atoms. The number of nitrogens with zero attached hydrogens (tertiary/aromatic N) is 2. The van der Waals surface area contributed by atoms with Crippen LogP contribution >= 0.6 is 23.2 Å². The summed E-state index contributed by atoms with van der Waals surface area (Å²) in [5.41, 5.74) is 4.35. The van der Waals surface area contributed by atoms with Gasteiger partial charge in [0.05, 0.1) is 18.2 Å². The van der Waals surface area contributed by atoms with Gasteiger partial charge in [-0.1, -0.05) is 59.6 Å². The van der Waals surface area contributed by atoms with Gasteiger partial charge in [-0.15, -0.1) is 0 Å². The highest BCUT2D eigenvalue weighted by Gasteiger charge is 2.15. The molecule has 3 rings (SSSR count). The lowest BCUT2D eigenvalue weighted by atomic mass is 9.99. The molecule has 0 saturated carbocycles. The minimum Gasteiger partial charge on any atom is -0.325 e. The average Bonchev–Trinajstić information content (AvgIpc) is 2.72. The highest BCUT2D eigenvalue weighted by Crippen LogP contribution is 2.25. The quantitative estimate of drug-likeness (QED) is 0.501. The molecule has 1 amide bonds. The second-order valence-corrected chi connectivity index (χ2v) is 7.98. The smallest absolute Gasteiger partial charge is 0.238 e. The van der Waals surface area contributed by atoms with Gasteiger partial charge in [-0.2, -0.15) is 5.26 Å². The predicted octanol–water partition coefficient (Wildman–Crippen LogP) is 6.16. The summed E-state index contributed by atoms with van der Waals surface area (Å²) in [5.74, 6) is -0.146. The van der Waals surface area contributed by atoms with Crippen LogP contribution in [0, 0.1) is 11.3 Å². The highest BCUT2D eigenvalue weighted by molar-refractivity contribution is 6.35. The van der Waals surface area contributed by atoms with E-state index in [2.05, 4.69) is 18.3 Å². The minimum atomic E-state index is -0.146. The van der Waals surface area contributed by atoms with Crippen LogP contribution in [0.25, 0.3) is 11.1 Å². The van der Waals surface area contributed by atoms with Gasteiger partial charge < -0.3 is 5.32 Å². The van der Waals surface area contributed by atoms with Crippen LogP contribution in [-0.2, 0) is 4.79 Å². The molecule has 0 radical (unpaired) electrons. The number of carbonyl (C=O) groups is 1. The van der Waals surface area contributed by atoms with Gasteiger partial charge in [-0.05, 0) is 61.0 Å². The number of nitrogens with one attached hydrogen (secondary N) is 1. The third-order valence-electron chi connectivity index (χ3n) is 4.92. The number of amides is 1. The van der Waals surface area contributed by atoms with Crippen molar-refractivity contribution in [3.63, 3.8) is 0 Å². The molecule has 4 nitrogen and oxygen atoms in total. The number of nitriles is 1. The van der Waals surface area contributed by atoms with Crippen molar-refractivity contribution < 1.29 is 4.79 Å². The molecule has 0 aliphatic rings. The predicted molar refractivity (Wildman–Crippen MR) is 123 cm³/mol. The number of anilines is 1. The third-order valence-corrected chi connectivity index (χ3v) is 5.36. The maximum Gasteiger partial charge on any atom is 0.238 e. The second-order valence-electron chi connectivity index (χ2n) is 7.11. The Labute approximate surface area is 186 Å². The van der Waals surface area contributed by atoms with Crippen LogP contribution in [0.2, 0.25) is 10.0 Å². The number of carbonyl (C=O) groups excluding carboxylic acids is 1. The molecule has 1 atom stereocenters. The van der Waals surface area contributed by atoms with Crippen molar-refractivity contribution in [1.82, 2.24) is 4.90 Å². The third kappa shape index (κ3) is 5.61. The fourth-order valence-electron chi connectivity index (χ4n) is 3.17. The maximum absolute atomic E-state index is 12.4. The zero-order chi connectivity index (χ0) is 21.7. The number of rotatable bonds is 6. The van der Waals surface area contributed by atoms with Crippen molar-refractivity contribution in [2.24, 2.45) is 0 Å². The van der Waals surface area contributed by atoms with E-state index in [0.717, 1.165) is 16.7 Å². The second kappa shape index (κ2) is 9.77. The van der Waals surface area contributed by atoms with Crippen LogP contribution < -0.4 is 5.32 Å². The monoisotopic (exact) mass is 437 g/mol. The molecule has 0 aromatic heterocycles. The van der Waals surface area contributed by atoms with Crippen molar-refractivity contribution in [1.29, 1.82) is 5.26 Å². The Morgan fingerprint density at radius 3 is 2.33 bits per heavy atom. The van der Waals surface area contributed by atoms with Crippen LogP contribution in [0.3, 0.4) is 0 Å². The number of hydrogen-bond acceptors (Lipinski definition) is 3. The van der Waals surface area contributed by atoms with Crippen molar-refractivity contribution in [3.05, 3.63) is 87.9 Å². The van der Waals surface area contributed by atoms with Gasteiger partial charge in [0.15, 0.2) is 0 Å². The molecule has 3 aromatic carbocycles. The summed E-state index contributed by atoms with van der Waals surface area (Å²) in [4.78, 5) is 14.4. The molecule has 30 heavy (non-hydrogen) atoms. The van der Waals surface area contributed by atoms with Crippen LogP contribution in [-0.4, -0.2) is 24.4 Å². The summed E-state index contributed by atoms with van der Waals surface area (Å²) in [6.07, 6.45) is 0. The SMILES string of the molecule is CC(c1ccc(-c2cccc(C#N)c2)cc1)N(C)CC(=O)Nc1cc(Cl)cc(Cl)c1. The molecule has 1 unspecified atom stereocenters. The van der Waals surface area contributed by atoms with Gasteiger partial charge in [0.1, 0.15) is 0 Å². The zero-order valence-corrected chi connectivity index (χ0v) is 18.2. The molecular weight excluding hydrogens is 417 g/mol. The number of halogens is 2. The number of likely N-dealkylation sites (N-methyl/N-ethyl adjacent to an activating group) is 1. The fraction of sp³-hybridized carbons (Fsp3) is 0.167. The van der Waals surface area contributed by atoms with Gasteiger partial charge in [-0.25, -0.2) is 0 Å². The molecule has 152 valence electrons. The zero-order valence-electron chi connectivity index (χ0n) is 16.7. The lowest BCUT2D eigenvalue weighted by molar-refractivity contribution is -0.117. The Bertz CT molecular complexity index is 1070. The molecule has 0 bridgehead atoms. The summed E-state index contributed by atoms with van der Waals surface area (Å²) >= 11 is 12.0. The first-order chi connectivity index (χ1) is 14.4. The summed E-state index contributed by atoms with van der Waals surface area (Å²) in [6.45, 7) is 2.27. The summed E-state index contributed by atoms with van der Waals surface area (Å²) < 4.78 is 0. The minimum absolute atomic E-state index is 0.0400. The summed E-state index contributed by atoms with van der Waals surface area (Å²) in [7, 11) is 1.90.